The Bertz CT molecular complexity index is 381. The first kappa shape index (κ1) is 27.5. The van der Waals surface area contributed by atoms with Gasteiger partial charge in [-0.3, -0.25) is 4.79 Å². The molecule has 0 rings (SSSR count). The van der Waals surface area contributed by atoms with Crippen LogP contribution in [-0.4, -0.2) is 59.4 Å². The Hall–Kier alpha value is 0.236. The van der Waals surface area contributed by atoms with Crippen LogP contribution in [0.1, 0.15) is 46.0 Å². The Morgan fingerprint density at radius 2 is 1.64 bits per heavy atom. The topological polar surface area (TPSA) is 97.7 Å². The van der Waals surface area contributed by atoms with Crippen LogP contribution in [-0.2, 0) is 9.59 Å². The number of hydrogen-bond acceptors (Lipinski definition) is 4. The number of unbranched alkanes of at least 4 members (excludes halogenated alkanes) is 4. The van der Waals surface area contributed by atoms with E-state index in [1.54, 1.807) is 13.8 Å². The number of hydrogen-bond donors (Lipinski definition) is 2. The molecule has 0 aliphatic rings. The first-order valence-electron chi connectivity index (χ1n) is 8.78. The molecule has 140 valence electrons. The fourth-order valence-corrected chi connectivity index (χ4v) is 3.17. The molecule has 0 aromatic carbocycles. The van der Waals surface area contributed by atoms with E-state index >= 15 is 0 Å². The van der Waals surface area contributed by atoms with E-state index < -0.39 is 23.8 Å². The van der Waals surface area contributed by atoms with Gasteiger partial charge in [0.2, 0.25) is 0 Å². The molecule has 0 amide bonds. The van der Waals surface area contributed by atoms with Crippen molar-refractivity contribution in [1.82, 2.24) is 0 Å². The number of aliphatic carboxylic acids is 2. The van der Waals surface area contributed by atoms with Gasteiger partial charge in [0.05, 0.1) is 26.2 Å². The summed E-state index contributed by atoms with van der Waals surface area (Å²) in [6, 6.07) is 0. The zero-order valence-corrected chi connectivity index (χ0v) is 19.2. The summed E-state index contributed by atoms with van der Waals surface area (Å²) in [4.78, 5) is 22.4. The number of aliphatic hydroxyl groups excluding tert-OH is 1. The number of rotatable bonds is 15. The van der Waals surface area contributed by atoms with E-state index in [2.05, 4.69) is 6.58 Å². The average molecular weight is 383 g/mol. The van der Waals surface area contributed by atoms with Crippen molar-refractivity contribution in [1.29, 1.82) is 0 Å². The molecular weight excluding hydrogens is 349 g/mol. The average Bonchev–Trinajstić information content (AvgIpc) is 2.50. The summed E-state index contributed by atoms with van der Waals surface area (Å²) in [5.74, 6) is -3.31. The van der Waals surface area contributed by atoms with Crippen molar-refractivity contribution in [3.8, 4) is 0 Å². The Morgan fingerprint density at radius 1 is 1.08 bits per heavy atom. The van der Waals surface area contributed by atoms with Gasteiger partial charge in [0, 0.05) is 11.9 Å². The number of nitrogens with zero attached hydrogens (tertiary/aromatic N) is 1. The van der Waals surface area contributed by atoms with Crippen LogP contribution in [0.2, 0.25) is 0 Å². The predicted molar refractivity (Wildman–Crippen MR) is 91.1 cm³/mol. The molecule has 0 bridgehead atoms. The minimum absolute atomic E-state index is 0. The molecule has 0 aliphatic heterocycles. The number of aliphatic hydroxyl groups is 1. The fourth-order valence-electron chi connectivity index (χ4n) is 3.17. The maximum absolute atomic E-state index is 11.2. The molecule has 0 aromatic rings. The van der Waals surface area contributed by atoms with Gasteiger partial charge in [-0.1, -0.05) is 19.4 Å². The monoisotopic (exact) mass is 382 g/mol. The minimum atomic E-state index is -1.13. The van der Waals surface area contributed by atoms with Crippen molar-refractivity contribution >= 4 is 11.9 Å². The van der Waals surface area contributed by atoms with Gasteiger partial charge in [0.1, 0.15) is 12.5 Å². The van der Waals surface area contributed by atoms with E-state index in [9.17, 15) is 24.9 Å². The van der Waals surface area contributed by atoms with Crippen LogP contribution in [0.3, 0.4) is 0 Å². The molecule has 0 aromatic heterocycles. The molecule has 6 nitrogen and oxygen atoms in total. The van der Waals surface area contributed by atoms with Gasteiger partial charge in [-0.25, -0.2) is 0 Å². The minimum Gasteiger partial charge on any atom is -0.550 e. The third kappa shape index (κ3) is 12.3. The Morgan fingerprint density at radius 3 is 2.12 bits per heavy atom. The van der Waals surface area contributed by atoms with Gasteiger partial charge in [0.25, 0.3) is 0 Å². The normalized spacial score (nSPS) is 15.5. The van der Waals surface area contributed by atoms with E-state index in [0.717, 1.165) is 32.1 Å². The van der Waals surface area contributed by atoms with Crippen LogP contribution in [0.5, 0.6) is 0 Å². The third-order valence-electron chi connectivity index (χ3n) is 4.51. The molecule has 0 saturated carbocycles. The SMILES string of the molecule is C=CCCCCCC[N+](CCO)(CC(C)C(=O)[O-])CC(C)C(=O)O.[K+]. The second-order valence-electron chi connectivity index (χ2n) is 6.83. The quantitative estimate of drug-likeness (QED) is 0.148. The summed E-state index contributed by atoms with van der Waals surface area (Å²) in [5, 5.41) is 29.8. The predicted octanol–water partition coefficient (Wildman–Crippen LogP) is -1.96. The zero-order chi connectivity index (χ0) is 18.6. The largest absolute Gasteiger partial charge is 1.00 e. The molecule has 3 atom stereocenters. The van der Waals surface area contributed by atoms with Gasteiger partial charge in [-0.2, -0.15) is 0 Å². The second kappa shape index (κ2) is 15.3. The molecule has 0 fully saturated rings. The van der Waals surface area contributed by atoms with Crippen molar-refractivity contribution in [3.05, 3.63) is 12.7 Å². The summed E-state index contributed by atoms with van der Waals surface area (Å²) < 4.78 is 0.306. The first-order chi connectivity index (χ1) is 11.3. The molecule has 0 spiro atoms. The zero-order valence-electron chi connectivity index (χ0n) is 16.1. The molecular formula is C18H33KNO5+. The summed E-state index contributed by atoms with van der Waals surface area (Å²) in [7, 11) is 0. The Balaban J connectivity index is 0. The van der Waals surface area contributed by atoms with Gasteiger partial charge < -0.3 is 24.6 Å². The number of carbonyl (C=O) groups excluding carboxylic acids is 1. The number of allylic oxidation sites excluding steroid dienone is 1. The van der Waals surface area contributed by atoms with Crippen molar-refractivity contribution in [2.45, 2.75) is 46.0 Å². The number of quaternary nitrogens is 1. The van der Waals surface area contributed by atoms with E-state index in [1.807, 2.05) is 6.08 Å². The third-order valence-corrected chi connectivity index (χ3v) is 4.51. The molecule has 0 saturated heterocycles. The fraction of sp³-hybridized carbons (Fsp3) is 0.778. The van der Waals surface area contributed by atoms with Gasteiger partial charge in [-0.15, -0.1) is 6.58 Å². The number of carboxylic acids is 2. The number of carbonyl (C=O) groups is 2. The summed E-state index contributed by atoms with van der Waals surface area (Å²) in [5.41, 5.74) is 0. The molecule has 25 heavy (non-hydrogen) atoms. The molecule has 0 aliphatic carbocycles. The molecule has 0 heterocycles. The van der Waals surface area contributed by atoms with E-state index in [4.69, 9.17) is 0 Å². The maximum atomic E-state index is 11.2. The molecule has 7 heteroatoms. The van der Waals surface area contributed by atoms with Crippen LogP contribution >= 0.6 is 0 Å². The van der Waals surface area contributed by atoms with Crippen molar-refractivity contribution in [2.24, 2.45) is 11.8 Å². The van der Waals surface area contributed by atoms with Crippen LogP contribution in [0.4, 0.5) is 0 Å². The molecule has 0 radical (unpaired) electrons. The van der Waals surface area contributed by atoms with Crippen LogP contribution in [0.15, 0.2) is 12.7 Å². The summed E-state index contributed by atoms with van der Waals surface area (Å²) in [6.45, 7) is 8.44. The maximum Gasteiger partial charge on any atom is 1.00 e. The standard InChI is InChI=1S/C18H33NO5.K/c1-4-5-6-7-8-9-10-19(11-12-20,13-15(2)17(21)22)14-16(3)18(23)24;/h4,15-16,20H,1,5-14H2,2-3H3,(H-,21,22,23,24);/q;+1. The summed E-state index contributed by atoms with van der Waals surface area (Å²) in [6.07, 6.45) is 6.89. The van der Waals surface area contributed by atoms with Crippen molar-refractivity contribution < 1.29 is 80.8 Å². The summed E-state index contributed by atoms with van der Waals surface area (Å²) >= 11 is 0. The van der Waals surface area contributed by atoms with Crippen molar-refractivity contribution in [2.75, 3.05) is 32.8 Å². The van der Waals surface area contributed by atoms with E-state index in [-0.39, 0.29) is 64.5 Å². The van der Waals surface area contributed by atoms with Gasteiger partial charge in [0.15, 0.2) is 0 Å². The molecule has 3 unspecified atom stereocenters. The Kier molecular flexibility index (Phi) is 16.8. The Labute approximate surface area is 194 Å². The van der Waals surface area contributed by atoms with E-state index in [0.29, 0.717) is 24.1 Å². The van der Waals surface area contributed by atoms with Crippen LogP contribution in [0, 0.1) is 11.8 Å². The molecule has 2 N–H and O–H groups in total. The smallest absolute Gasteiger partial charge is 0.550 e. The van der Waals surface area contributed by atoms with Gasteiger partial charge in [-0.05, 0) is 32.6 Å². The van der Waals surface area contributed by atoms with Crippen molar-refractivity contribution in [3.63, 3.8) is 0 Å². The van der Waals surface area contributed by atoms with Gasteiger partial charge >= 0.3 is 57.4 Å². The van der Waals surface area contributed by atoms with Crippen LogP contribution in [0.25, 0.3) is 0 Å². The van der Waals surface area contributed by atoms with E-state index in [1.165, 1.54) is 0 Å². The number of carboxylic acid groups (broad SMARTS) is 2. The first-order valence-corrected chi connectivity index (χ1v) is 8.78. The van der Waals surface area contributed by atoms with Crippen LogP contribution < -0.4 is 56.5 Å². The second-order valence-corrected chi connectivity index (χ2v) is 6.83.